The van der Waals surface area contributed by atoms with Gasteiger partial charge in [0.15, 0.2) is 0 Å². The van der Waals surface area contributed by atoms with Gasteiger partial charge in [-0.1, -0.05) is 17.7 Å². The Labute approximate surface area is 128 Å². The molecule has 1 heterocycles. The van der Waals surface area contributed by atoms with Gasteiger partial charge >= 0.3 is 0 Å². The number of nitrogens with one attached hydrogen (secondary N) is 1. The number of amides is 1. The second-order valence-corrected chi connectivity index (χ2v) is 5.70. The number of aryl methyl sites for hydroxylation is 1. The highest BCUT2D eigenvalue weighted by Gasteiger charge is 2.16. The zero-order valence-electron chi connectivity index (χ0n) is 11.5. The fourth-order valence-electron chi connectivity index (χ4n) is 2.57. The standard InChI is InChI=1S/C16H16ClN3O/c17-15-6-3-12(9-19-15)16(21)20-14-5-2-10-7-13(18)4-1-11(10)8-14/h2-3,5-6,8-9,13H,1,4,7,18H2,(H,20,21)/t13-/m0/s1. The number of nitrogens with two attached hydrogens (primary N) is 1. The van der Waals surface area contributed by atoms with Gasteiger partial charge < -0.3 is 11.1 Å². The summed E-state index contributed by atoms with van der Waals surface area (Å²) < 4.78 is 0. The maximum atomic E-state index is 12.1. The number of hydrogen-bond acceptors (Lipinski definition) is 3. The van der Waals surface area contributed by atoms with Crippen LogP contribution in [0.5, 0.6) is 0 Å². The van der Waals surface area contributed by atoms with E-state index in [0.29, 0.717) is 10.7 Å². The van der Waals surface area contributed by atoms with E-state index in [2.05, 4.69) is 10.3 Å². The number of rotatable bonds is 2. The molecule has 3 N–H and O–H groups in total. The van der Waals surface area contributed by atoms with Crippen LogP contribution < -0.4 is 11.1 Å². The van der Waals surface area contributed by atoms with E-state index in [1.807, 2.05) is 18.2 Å². The fraction of sp³-hybridized carbons (Fsp3) is 0.250. The number of hydrogen-bond donors (Lipinski definition) is 2. The Kier molecular flexibility index (Phi) is 3.90. The number of benzene rings is 1. The Morgan fingerprint density at radius 1 is 1.29 bits per heavy atom. The number of halogens is 1. The summed E-state index contributed by atoms with van der Waals surface area (Å²) in [7, 11) is 0. The fourth-order valence-corrected chi connectivity index (χ4v) is 2.69. The average Bonchev–Trinajstić information content (AvgIpc) is 2.48. The smallest absolute Gasteiger partial charge is 0.257 e. The van der Waals surface area contributed by atoms with Crippen LogP contribution in [0.25, 0.3) is 0 Å². The number of aromatic nitrogens is 1. The molecule has 0 spiro atoms. The second kappa shape index (κ2) is 5.84. The molecular weight excluding hydrogens is 286 g/mol. The van der Waals surface area contributed by atoms with Crippen molar-refractivity contribution in [2.45, 2.75) is 25.3 Å². The molecule has 1 aliphatic carbocycles. The highest BCUT2D eigenvalue weighted by molar-refractivity contribution is 6.29. The molecule has 1 aromatic carbocycles. The zero-order chi connectivity index (χ0) is 14.8. The van der Waals surface area contributed by atoms with E-state index in [-0.39, 0.29) is 11.9 Å². The monoisotopic (exact) mass is 301 g/mol. The molecule has 0 unspecified atom stereocenters. The van der Waals surface area contributed by atoms with Crippen LogP contribution in [-0.4, -0.2) is 16.9 Å². The maximum Gasteiger partial charge on any atom is 0.257 e. The molecule has 0 aliphatic heterocycles. The molecule has 1 amide bonds. The Morgan fingerprint density at radius 2 is 2.14 bits per heavy atom. The van der Waals surface area contributed by atoms with E-state index < -0.39 is 0 Å². The molecule has 0 fully saturated rings. The summed E-state index contributed by atoms with van der Waals surface area (Å²) >= 11 is 5.71. The van der Waals surface area contributed by atoms with Gasteiger partial charge in [-0.3, -0.25) is 4.79 Å². The molecule has 108 valence electrons. The van der Waals surface area contributed by atoms with E-state index in [9.17, 15) is 4.79 Å². The van der Waals surface area contributed by atoms with Gasteiger partial charge in [0.2, 0.25) is 0 Å². The van der Waals surface area contributed by atoms with Crippen LogP contribution in [0.3, 0.4) is 0 Å². The van der Waals surface area contributed by atoms with Crippen molar-refractivity contribution >= 4 is 23.2 Å². The van der Waals surface area contributed by atoms with Gasteiger partial charge in [-0.05, 0) is 54.7 Å². The molecule has 0 radical (unpaired) electrons. The van der Waals surface area contributed by atoms with Crippen LogP contribution in [-0.2, 0) is 12.8 Å². The van der Waals surface area contributed by atoms with E-state index >= 15 is 0 Å². The minimum Gasteiger partial charge on any atom is -0.327 e. The van der Waals surface area contributed by atoms with Gasteiger partial charge in [0.05, 0.1) is 5.56 Å². The SMILES string of the molecule is N[C@H]1CCc2cc(NC(=O)c3ccc(Cl)nc3)ccc2C1. The molecule has 4 nitrogen and oxygen atoms in total. The largest absolute Gasteiger partial charge is 0.327 e. The van der Waals surface area contributed by atoms with Crippen molar-refractivity contribution < 1.29 is 4.79 Å². The molecule has 1 atom stereocenters. The summed E-state index contributed by atoms with van der Waals surface area (Å²) in [6.45, 7) is 0. The summed E-state index contributed by atoms with van der Waals surface area (Å²) in [5.41, 5.74) is 9.79. The van der Waals surface area contributed by atoms with Crippen LogP contribution in [0.2, 0.25) is 5.15 Å². The number of pyridine rings is 1. The number of carbonyl (C=O) groups excluding carboxylic acids is 1. The Bertz CT molecular complexity index is 670. The third kappa shape index (κ3) is 3.23. The van der Waals surface area contributed by atoms with Crippen LogP contribution in [0.1, 0.15) is 27.9 Å². The molecular formula is C16H16ClN3O. The third-order valence-corrected chi connectivity index (χ3v) is 3.94. The molecule has 3 rings (SSSR count). The first kappa shape index (κ1) is 14.0. The maximum absolute atomic E-state index is 12.1. The Morgan fingerprint density at radius 3 is 2.90 bits per heavy atom. The lowest BCUT2D eigenvalue weighted by Gasteiger charge is -2.22. The molecule has 21 heavy (non-hydrogen) atoms. The lowest BCUT2D eigenvalue weighted by molar-refractivity contribution is 0.102. The summed E-state index contributed by atoms with van der Waals surface area (Å²) in [5.74, 6) is -0.188. The quantitative estimate of drug-likeness (QED) is 0.838. The van der Waals surface area contributed by atoms with E-state index in [1.54, 1.807) is 12.1 Å². The topological polar surface area (TPSA) is 68.0 Å². The van der Waals surface area contributed by atoms with Crippen molar-refractivity contribution in [1.82, 2.24) is 4.98 Å². The summed E-state index contributed by atoms with van der Waals surface area (Å²) in [5, 5.41) is 3.26. The molecule has 0 saturated carbocycles. The minimum absolute atomic E-state index is 0.188. The van der Waals surface area contributed by atoms with Crippen molar-refractivity contribution in [3.05, 3.63) is 58.4 Å². The highest BCUT2D eigenvalue weighted by Crippen LogP contribution is 2.24. The number of fused-ring (bicyclic) bond motifs is 1. The minimum atomic E-state index is -0.188. The van der Waals surface area contributed by atoms with E-state index in [1.165, 1.54) is 17.3 Å². The van der Waals surface area contributed by atoms with Gasteiger partial charge in [0, 0.05) is 17.9 Å². The van der Waals surface area contributed by atoms with Crippen molar-refractivity contribution in [2.75, 3.05) is 5.32 Å². The molecule has 0 saturated heterocycles. The van der Waals surface area contributed by atoms with Crippen LogP contribution in [0.15, 0.2) is 36.5 Å². The molecule has 0 bridgehead atoms. The number of carbonyl (C=O) groups is 1. The molecule has 1 aromatic heterocycles. The first-order chi connectivity index (χ1) is 10.1. The summed E-state index contributed by atoms with van der Waals surface area (Å²) in [6.07, 6.45) is 4.33. The zero-order valence-corrected chi connectivity index (χ0v) is 12.2. The normalized spacial score (nSPS) is 17.1. The third-order valence-electron chi connectivity index (χ3n) is 3.72. The average molecular weight is 302 g/mol. The molecule has 2 aromatic rings. The van der Waals surface area contributed by atoms with Gasteiger partial charge in [-0.15, -0.1) is 0 Å². The van der Waals surface area contributed by atoms with Gasteiger partial charge in [0.25, 0.3) is 5.91 Å². The van der Waals surface area contributed by atoms with Crippen molar-refractivity contribution in [3.63, 3.8) is 0 Å². The first-order valence-electron chi connectivity index (χ1n) is 6.92. The Balaban J connectivity index is 1.76. The van der Waals surface area contributed by atoms with Crippen molar-refractivity contribution in [3.8, 4) is 0 Å². The van der Waals surface area contributed by atoms with Gasteiger partial charge in [0.1, 0.15) is 5.15 Å². The Hall–Kier alpha value is -1.91. The number of anilines is 1. The molecule has 5 heteroatoms. The predicted molar refractivity (Wildman–Crippen MR) is 83.6 cm³/mol. The van der Waals surface area contributed by atoms with Crippen LogP contribution in [0, 0.1) is 0 Å². The number of nitrogens with zero attached hydrogens (tertiary/aromatic N) is 1. The predicted octanol–water partition coefficient (Wildman–Crippen LogP) is 2.80. The van der Waals surface area contributed by atoms with E-state index in [4.69, 9.17) is 17.3 Å². The summed E-state index contributed by atoms with van der Waals surface area (Å²) in [6, 6.07) is 9.50. The van der Waals surface area contributed by atoms with Crippen molar-refractivity contribution in [2.24, 2.45) is 5.73 Å². The first-order valence-corrected chi connectivity index (χ1v) is 7.30. The lowest BCUT2D eigenvalue weighted by atomic mass is 9.88. The van der Waals surface area contributed by atoms with Gasteiger partial charge in [-0.25, -0.2) is 4.98 Å². The second-order valence-electron chi connectivity index (χ2n) is 5.31. The van der Waals surface area contributed by atoms with E-state index in [0.717, 1.165) is 24.9 Å². The van der Waals surface area contributed by atoms with Gasteiger partial charge in [-0.2, -0.15) is 0 Å². The highest BCUT2D eigenvalue weighted by atomic mass is 35.5. The molecule has 1 aliphatic rings. The van der Waals surface area contributed by atoms with Crippen LogP contribution >= 0.6 is 11.6 Å². The van der Waals surface area contributed by atoms with Crippen molar-refractivity contribution in [1.29, 1.82) is 0 Å². The van der Waals surface area contributed by atoms with Crippen LogP contribution in [0.4, 0.5) is 5.69 Å². The summed E-state index contributed by atoms with van der Waals surface area (Å²) in [4.78, 5) is 16.0. The lowest BCUT2D eigenvalue weighted by Crippen LogP contribution is -2.27.